The van der Waals surface area contributed by atoms with Gasteiger partial charge in [0, 0.05) is 16.3 Å². The number of pyridine rings is 1. The Morgan fingerprint density at radius 3 is 2.34 bits per heavy atom. The summed E-state index contributed by atoms with van der Waals surface area (Å²) in [4.78, 5) is 4.10. The monoisotopic (exact) mass is 446 g/mol. The molecule has 0 spiro atoms. The van der Waals surface area contributed by atoms with Crippen LogP contribution in [-0.2, 0) is 10.1 Å². The van der Waals surface area contributed by atoms with E-state index in [1.54, 1.807) is 36.5 Å². The fraction of sp³-hybridized carbons (Fsp3) is 0.0455. The van der Waals surface area contributed by atoms with Crippen LogP contribution in [0.2, 0.25) is 0 Å². The number of nitrogens with two attached hydrogens (primary N) is 1. The SMILES string of the molecule is Cc1cccc(-c2ccc(N=Nc3cc(S(=O)(=O)O)c4ccccc4c3N=NN)cn2)c1. The Bertz CT molecular complexity index is 1470. The van der Waals surface area contributed by atoms with Gasteiger partial charge in [0.1, 0.15) is 22.0 Å². The van der Waals surface area contributed by atoms with Crippen LogP contribution in [0.3, 0.4) is 0 Å². The molecule has 0 atom stereocenters. The smallest absolute Gasteiger partial charge is 0.295 e. The van der Waals surface area contributed by atoms with Gasteiger partial charge in [-0.2, -0.15) is 8.42 Å². The largest absolute Gasteiger partial charge is 0.305 e. The minimum Gasteiger partial charge on any atom is -0.305 e. The van der Waals surface area contributed by atoms with Gasteiger partial charge in [0.2, 0.25) is 0 Å². The maximum atomic E-state index is 11.9. The number of aryl methyl sites for hydroxylation is 1. The average Bonchev–Trinajstić information content (AvgIpc) is 2.78. The lowest BCUT2D eigenvalue weighted by Crippen LogP contribution is -1.99. The third-order valence-corrected chi connectivity index (χ3v) is 5.62. The van der Waals surface area contributed by atoms with E-state index in [0.717, 1.165) is 16.8 Å². The molecule has 4 aromatic rings. The second-order valence-corrected chi connectivity index (χ2v) is 8.34. The zero-order valence-electron chi connectivity index (χ0n) is 16.9. The molecular formula is C22H18N6O3S. The highest BCUT2D eigenvalue weighted by Gasteiger charge is 2.19. The molecule has 3 aromatic carbocycles. The van der Waals surface area contributed by atoms with Gasteiger partial charge < -0.3 is 5.84 Å². The third-order valence-electron chi connectivity index (χ3n) is 4.73. The third kappa shape index (κ3) is 4.36. The standard InChI is InChI=1S/C22H18N6O3S/c1-14-5-4-6-15(11-14)19-10-9-16(13-24-19)25-26-20-12-21(32(29,30)31)17-7-2-3-8-18(17)22(20)27-28-23/h2-13H,1H3,(H2,23,27)(H,29,30,31). The van der Waals surface area contributed by atoms with E-state index in [0.29, 0.717) is 11.1 Å². The van der Waals surface area contributed by atoms with Crippen molar-refractivity contribution in [2.24, 2.45) is 26.4 Å². The second-order valence-electron chi connectivity index (χ2n) is 6.95. The average molecular weight is 446 g/mol. The molecular weight excluding hydrogens is 428 g/mol. The number of fused-ring (bicyclic) bond motifs is 1. The molecule has 0 fully saturated rings. The van der Waals surface area contributed by atoms with Crippen LogP contribution in [0.25, 0.3) is 22.0 Å². The Kier molecular flexibility index (Phi) is 5.71. The van der Waals surface area contributed by atoms with E-state index >= 15 is 0 Å². The molecule has 0 unspecified atom stereocenters. The van der Waals surface area contributed by atoms with Crippen LogP contribution >= 0.6 is 0 Å². The van der Waals surface area contributed by atoms with E-state index in [9.17, 15) is 13.0 Å². The molecule has 0 saturated carbocycles. The van der Waals surface area contributed by atoms with Crippen LogP contribution in [0.15, 0.2) is 98.4 Å². The van der Waals surface area contributed by atoms with Gasteiger partial charge >= 0.3 is 0 Å². The van der Waals surface area contributed by atoms with E-state index in [1.807, 2.05) is 37.3 Å². The van der Waals surface area contributed by atoms with Crippen molar-refractivity contribution in [3.8, 4) is 11.3 Å². The summed E-state index contributed by atoms with van der Waals surface area (Å²) < 4.78 is 33.6. The number of azo groups is 1. The van der Waals surface area contributed by atoms with Crippen LogP contribution < -0.4 is 5.84 Å². The van der Waals surface area contributed by atoms with Crippen LogP contribution in [0.1, 0.15) is 5.56 Å². The molecule has 9 nitrogen and oxygen atoms in total. The highest BCUT2D eigenvalue weighted by molar-refractivity contribution is 7.86. The lowest BCUT2D eigenvalue weighted by atomic mass is 10.1. The van der Waals surface area contributed by atoms with Gasteiger partial charge in [-0.15, -0.1) is 15.3 Å². The van der Waals surface area contributed by atoms with Gasteiger partial charge in [0.25, 0.3) is 10.1 Å². The summed E-state index contributed by atoms with van der Waals surface area (Å²) >= 11 is 0. The Morgan fingerprint density at radius 2 is 1.69 bits per heavy atom. The molecule has 10 heteroatoms. The first kappa shape index (κ1) is 21.2. The van der Waals surface area contributed by atoms with Gasteiger partial charge in [0.05, 0.1) is 11.9 Å². The lowest BCUT2D eigenvalue weighted by Gasteiger charge is -2.08. The van der Waals surface area contributed by atoms with Crippen LogP contribution in [0.5, 0.6) is 0 Å². The quantitative estimate of drug-likeness (QED) is 0.172. The first-order valence-electron chi connectivity index (χ1n) is 9.46. The van der Waals surface area contributed by atoms with Crippen LogP contribution in [-0.4, -0.2) is 18.0 Å². The maximum absolute atomic E-state index is 11.9. The molecule has 0 bridgehead atoms. The number of hydrogen-bond acceptors (Lipinski definition) is 7. The first-order chi connectivity index (χ1) is 15.4. The summed E-state index contributed by atoms with van der Waals surface area (Å²) in [6, 6.07) is 19.2. The zero-order valence-corrected chi connectivity index (χ0v) is 17.7. The molecule has 0 aliphatic heterocycles. The predicted molar refractivity (Wildman–Crippen MR) is 121 cm³/mol. The Hall–Kier alpha value is -4.02. The fourth-order valence-electron chi connectivity index (χ4n) is 3.30. The minimum atomic E-state index is -4.52. The van der Waals surface area contributed by atoms with Crippen LogP contribution in [0, 0.1) is 6.92 Å². The number of hydrogen-bond donors (Lipinski definition) is 2. The minimum absolute atomic E-state index is 0.0771. The van der Waals surface area contributed by atoms with Gasteiger partial charge in [-0.3, -0.25) is 9.54 Å². The summed E-state index contributed by atoms with van der Waals surface area (Å²) in [6.07, 6.45) is 1.55. The van der Waals surface area contributed by atoms with Crippen molar-refractivity contribution in [2.75, 3.05) is 0 Å². The highest BCUT2D eigenvalue weighted by atomic mass is 32.2. The molecule has 32 heavy (non-hydrogen) atoms. The van der Waals surface area contributed by atoms with E-state index < -0.39 is 10.1 Å². The summed E-state index contributed by atoms with van der Waals surface area (Å²) in [5, 5.41) is 16.2. The lowest BCUT2D eigenvalue weighted by molar-refractivity contribution is 0.484. The van der Waals surface area contributed by atoms with Crippen molar-refractivity contribution in [1.29, 1.82) is 0 Å². The molecule has 0 aliphatic rings. The molecule has 3 N–H and O–H groups in total. The number of rotatable bonds is 5. The highest BCUT2D eigenvalue weighted by Crippen LogP contribution is 2.40. The molecule has 0 radical (unpaired) electrons. The number of aromatic nitrogens is 1. The summed E-state index contributed by atoms with van der Waals surface area (Å²) in [7, 11) is -4.52. The van der Waals surface area contributed by atoms with Crippen molar-refractivity contribution >= 4 is 38.0 Å². The Labute approximate surface area is 184 Å². The second kappa shape index (κ2) is 8.61. The molecule has 160 valence electrons. The summed E-state index contributed by atoms with van der Waals surface area (Å²) in [6.45, 7) is 2.01. The molecule has 0 saturated heterocycles. The molecule has 4 rings (SSSR count). The van der Waals surface area contributed by atoms with Gasteiger partial charge in [-0.1, -0.05) is 53.3 Å². The van der Waals surface area contributed by atoms with Crippen molar-refractivity contribution in [1.82, 2.24) is 4.98 Å². The fourth-order valence-corrected chi connectivity index (χ4v) is 4.01. The topological polar surface area (TPSA) is 143 Å². The molecule has 0 amide bonds. The predicted octanol–water partition coefficient (Wildman–Crippen LogP) is 5.83. The number of nitrogens with zero attached hydrogens (tertiary/aromatic N) is 5. The molecule has 1 aromatic heterocycles. The van der Waals surface area contributed by atoms with E-state index in [-0.39, 0.29) is 21.7 Å². The first-order valence-corrected chi connectivity index (χ1v) is 10.9. The molecule has 0 aliphatic carbocycles. The Balaban J connectivity index is 1.77. The van der Waals surface area contributed by atoms with Gasteiger partial charge in [0.15, 0.2) is 0 Å². The maximum Gasteiger partial charge on any atom is 0.295 e. The molecule has 1 heterocycles. The van der Waals surface area contributed by atoms with Gasteiger partial charge in [-0.05, 0) is 31.2 Å². The van der Waals surface area contributed by atoms with Crippen molar-refractivity contribution in [3.05, 3.63) is 78.5 Å². The van der Waals surface area contributed by atoms with E-state index in [2.05, 4.69) is 25.5 Å². The van der Waals surface area contributed by atoms with Crippen LogP contribution in [0.4, 0.5) is 17.1 Å². The number of benzene rings is 3. The summed E-state index contributed by atoms with van der Waals surface area (Å²) in [5.74, 6) is 5.24. The van der Waals surface area contributed by atoms with Crippen molar-refractivity contribution < 1.29 is 13.0 Å². The zero-order chi connectivity index (χ0) is 22.7. The summed E-state index contributed by atoms with van der Waals surface area (Å²) in [5.41, 5.74) is 3.63. The van der Waals surface area contributed by atoms with E-state index in [4.69, 9.17) is 5.84 Å². The Morgan fingerprint density at radius 1 is 0.906 bits per heavy atom. The van der Waals surface area contributed by atoms with Crippen molar-refractivity contribution in [3.63, 3.8) is 0 Å². The van der Waals surface area contributed by atoms with E-state index in [1.165, 1.54) is 6.07 Å². The van der Waals surface area contributed by atoms with Gasteiger partial charge in [-0.25, -0.2) is 0 Å². The van der Waals surface area contributed by atoms with Crippen molar-refractivity contribution in [2.45, 2.75) is 11.8 Å². The normalized spacial score (nSPS) is 12.2.